The van der Waals surface area contributed by atoms with E-state index in [0.29, 0.717) is 24.2 Å². The zero-order chi connectivity index (χ0) is 48.8. The van der Waals surface area contributed by atoms with Crippen LogP contribution in [0.1, 0.15) is 73.1 Å². The second kappa shape index (κ2) is 19.0. The lowest BCUT2D eigenvalue weighted by Crippen LogP contribution is -2.43. The summed E-state index contributed by atoms with van der Waals surface area (Å²) in [5, 5.41) is 16.4. The van der Waals surface area contributed by atoms with Crippen LogP contribution in [-0.2, 0) is 4.79 Å². The molecule has 10 aromatic rings. The number of nitrogens with one attached hydrogen (secondary N) is 1. The number of hydrogen-bond acceptors (Lipinski definition) is 8. The van der Waals surface area contributed by atoms with Crippen molar-refractivity contribution >= 4 is 61.5 Å². The summed E-state index contributed by atoms with van der Waals surface area (Å²) < 4.78 is 3.72. The average Bonchev–Trinajstić information content (AvgIpc) is 4.01. The van der Waals surface area contributed by atoms with Gasteiger partial charge in [0.05, 0.1) is 12.4 Å². The van der Waals surface area contributed by atoms with Crippen molar-refractivity contribution in [2.45, 2.75) is 97.3 Å². The van der Waals surface area contributed by atoms with Crippen molar-refractivity contribution in [2.75, 3.05) is 20.9 Å². The maximum atomic E-state index is 11.7. The van der Waals surface area contributed by atoms with Crippen molar-refractivity contribution in [3.05, 3.63) is 159 Å². The van der Waals surface area contributed by atoms with Crippen molar-refractivity contribution in [2.24, 2.45) is 0 Å². The molecule has 4 aromatic heterocycles. The molecule has 12 rings (SSSR count). The number of aromatic nitrogens is 6. The van der Waals surface area contributed by atoms with Crippen LogP contribution in [-0.4, -0.2) is 59.3 Å². The van der Waals surface area contributed by atoms with E-state index in [4.69, 9.17) is 15.7 Å². The van der Waals surface area contributed by atoms with E-state index in [1.165, 1.54) is 56.8 Å². The highest BCUT2D eigenvalue weighted by Crippen LogP contribution is 2.38. The minimum Gasteiger partial charge on any atom is -0.398 e. The number of rotatable bonds is 7. The molecule has 2 aliphatic heterocycles. The van der Waals surface area contributed by atoms with E-state index in [1.54, 1.807) is 0 Å². The first-order valence-electron chi connectivity index (χ1n) is 25.1. The molecule has 3 N–H and O–H groups in total. The van der Waals surface area contributed by atoms with Gasteiger partial charge >= 0.3 is 0 Å². The Hall–Kier alpha value is -8.05. The second-order valence-electron chi connectivity index (χ2n) is 19.6. The molecular weight excluding hydrogens is 877 g/mol. The van der Waals surface area contributed by atoms with Gasteiger partial charge in [0.1, 0.15) is 0 Å². The Morgan fingerprint density at radius 3 is 1.38 bits per heavy atom. The van der Waals surface area contributed by atoms with Crippen LogP contribution in [0.3, 0.4) is 0 Å². The topological polar surface area (TPSA) is 122 Å². The molecule has 1 amide bonds. The molecule has 2 aliphatic rings. The van der Waals surface area contributed by atoms with Crippen LogP contribution >= 0.6 is 0 Å². The molecule has 0 saturated carbocycles. The maximum Gasteiger partial charge on any atom is 0.221 e. The molecule has 2 fully saturated rings. The number of nitrogens with two attached hydrogens (primary N) is 1. The van der Waals surface area contributed by atoms with Gasteiger partial charge in [-0.2, -0.15) is 10.2 Å². The number of amides is 1. The summed E-state index contributed by atoms with van der Waals surface area (Å²) in [6, 6.07) is 44.3. The van der Waals surface area contributed by atoms with E-state index in [-0.39, 0.29) is 5.91 Å². The number of fused-ring (bicyclic) bond motifs is 4. The summed E-state index contributed by atoms with van der Waals surface area (Å²) >= 11 is 0. The van der Waals surface area contributed by atoms with Crippen LogP contribution in [0, 0.1) is 0 Å². The van der Waals surface area contributed by atoms with Gasteiger partial charge < -0.3 is 20.9 Å². The van der Waals surface area contributed by atoms with Gasteiger partial charge in [0.15, 0.2) is 11.3 Å². The Morgan fingerprint density at radius 1 is 0.493 bits per heavy atom. The number of nitrogens with zero attached hydrogens (tertiary/aromatic N) is 8. The van der Waals surface area contributed by atoms with E-state index in [0.717, 1.165) is 88.7 Å². The lowest BCUT2D eigenvalue weighted by molar-refractivity contribution is -0.114. The number of anilines is 4. The Labute approximate surface area is 415 Å². The van der Waals surface area contributed by atoms with Gasteiger partial charge in [-0.3, -0.25) is 4.79 Å². The Kier molecular flexibility index (Phi) is 12.2. The van der Waals surface area contributed by atoms with E-state index in [1.807, 2.05) is 88.5 Å². The number of carbonyl (C=O) groups is 1. The lowest BCUT2D eigenvalue weighted by atomic mass is 9.96. The quantitative estimate of drug-likeness (QED) is 0.152. The molecule has 6 aromatic carbocycles. The van der Waals surface area contributed by atoms with Crippen LogP contribution in [0.2, 0.25) is 0 Å². The summed E-state index contributed by atoms with van der Waals surface area (Å²) in [5.74, 6) is -0.0870. The van der Waals surface area contributed by atoms with Crippen molar-refractivity contribution in [1.29, 1.82) is 0 Å². The summed E-state index contributed by atoms with van der Waals surface area (Å²) in [7, 11) is 0. The third-order valence-corrected chi connectivity index (χ3v) is 14.9. The van der Waals surface area contributed by atoms with Gasteiger partial charge in [0, 0.05) is 112 Å². The van der Waals surface area contributed by atoms with E-state index >= 15 is 0 Å². The van der Waals surface area contributed by atoms with Crippen molar-refractivity contribution in [3.63, 3.8) is 0 Å². The van der Waals surface area contributed by atoms with Crippen LogP contribution in [0.4, 0.5) is 22.7 Å². The predicted molar refractivity (Wildman–Crippen MR) is 292 cm³/mol. The Balaban J connectivity index is 0.000000155. The summed E-state index contributed by atoms with van der Waals surface area (Å²) in [6.07, 6.45) is 19.4. The largest absolute Gasteiger partial charge is 0.398 e. The van der Waals surface area contributed by atoms with Gasteiger partial charge in [-0.1, -0.05) is 84.9 Å². The highest BCUT2D eigenvalue weighted by atomic mass is 16.1. The van der Waals surface area contributed by atoms with Crippen molar-refractivity contribution in [1.82, 2.24) is 29.2 Å². The number of piperidine rings is 2. The molecule has 6 heterocycles. The molecule has 2 saturated heterocycles. The fourth-order valence-electron chi connectivity index (χ4n) is 11.3. The normalized spacial score (nSPS) is 18.2. The first-order chi connectivity index (χ1) is 34.6. The lowest BCUT2D eigenvalue weighted by Gasteiger charge is -2.41. The van der Waals surface area contributed by atoms with E-state index < -0.39 is 0 Å². The smallest absolute Gasteiger partial charge is 0.221 e. The molecule has 0 spiro atoms. The van der Waals surface area contributed by atoms with Crippen molar-refractivity contribution < 1.29 is 4.79 Å². The predicted octanol–water partition coefficient (Wildman–Crippen LogP) is 13.5. The summed E-state index contributed by atoms with van der Waals surface area (Å²) in [4.78, 5) is 26.4. The maximum absolute atomic E-state index is 11.7. The SMILES string of the molecule is CC(=O)Nc1ccc(-c2cnn3cc(-c4ccc(N5[C@H](C)CCC[C@@H]5C)cc4)cnc23)c2ccccc12.C[C@@H]1CCC[C@H](C)N1c1ccc(-c2cnc3c(-c4ccc(N)c5ccccc45)cnn3c2)cc1. The van der Waals surface area contributed by atoms with Crippen LogP contribution < -0.4 is 20.9 Å². The van der Waals surface area contributed by atoms with Gasteiger partial charge in [-0.05, 0) is 136 Å². The van der Waals surface area contributed by atoms with Gasteiger partial charge in [0.2, 0.25) is 5.91 Å². The summed E-state index contributed by atoms with van der Waals surface area (Å²) in [6.45, 7) is 10.8. The van der Waals surface area contributed by atoms with Gasteiger partial charge in [0.25, 0.3) is 0 Å². The Morgan fingerprint density at radius 2 is 0.915 bits per heavy atom. The number of hydrogen-bond donors (Lipinski definition) is 2. The third-order valence-electron chi connectivity index (χ3n) is 14.9. The molecule has 11 heteroatoms. The van der Waals surface area contributed by atoms with Gasteiger partial charge in [-0.15, -0.1) is 0 Å². The van der Waals surface area contributed by atoms with Crippen LogP contribution in [0.5, 0.6) is 0 Å². The molecule has 4 atom stereocenters. The third kappa shape index (κ3) is 8.70. The molecule has 0 aliphatic carbocycles. The summed E-state index contributed by atoms with van der Waals surface area (Å²) in [5.41, 5.74) is 20.5. The average molecular weight is 937 g/mol. The zero-order valence-corrected chi connectivity index (χ0v) is 41.1. The molecule has 0 radical (unpaired) electrons. The number of benzene rings is 6. The molecule has 0 bridgehead atoms. The second-order valence-corrected chi connectivity index (χ2v) is 19.6. The van der Waals surface area contributed by atoms with Crippen LogP contribution in [0.15, 0.2) is 159 Å². The number of nitrogen functional groups attached to an aromatic ring is 1. The minimum absolute atomic E-state index is 0.0870. The monoisotopic (exact) mass is 936 g/mol. The van der Waals surface area contributed by atoms with E-state index in [2.05, 4.69) is 132 Å². The van der Waals surface area contributed by atoms with Gasteiger partial charge in [-0.25, -0.2) is 19.0 Å². The Bertz CT molecular complexity index is 3540. The first kappa shape index (κ1) is 45.4. The highest BCUT2D eigenvalue weighted by molar-refractivity contribution is 6.08. The molecule has 356 valence electrons. The zero-order valence-electron chi connectivity index (χ0n) is 41.1. The molecule has 11 nitrogen and oxygen atoms in total. The molecule has 0 unspecified atom stereocenters. The van der Waals surface area contributed by atoms with E-state index in [9.17, 15) is 4.79 Å². The minimum atomic E-state index is -0.0870. The first-order valence-corrected chi connectivity index (χ1v) is 25.1. The van der Waals surface area contributed by atoms with Crippen molar-refractivity contribution in [3.8, 4) is 44.5 Å². The highest BCUT2D eigenvalue weighted by Gasteiger charge is 2.26. The molecule has 71 heavy (non-hydrogen) atoms. The molecular formula is C60H60N10O. The standard InChI is InChI=1S/C31H31N5O.C29H29N5/c1-20-7-6-8-21(2)36(20)25-13-11-23(12-14-25)24-17-32-31-29(18-33-35(31)19-24)27-15-16-30(34-22(3)37)28-10-5-4-9-26(27)28;1-19-6-5-7-20(2)34(19)23-12-10-21(11-13-23)22-16-31-29-27(17-32-33(29)18-22)25-14-15-28(30)26-9-4-3-8-24(25)26/h4-5,9-21H,6-8H2,1-3H3,(H,34,37);3-4,8-20H,5-7,30H2,1-2H3/t20-,21+;19-,20+. The van der Waals surface area contributed by atoms with Crippen LogP contribution in [0.25, 0.3) is 77.3 Å². The fraction of sp³-hybridized carbons (Fsp3) is 0.250. The fourth-order valence-corrected chi connectivity index (χ4v) is 11.3. The number of carbonyl (C=O) groups excluding carboxylic acids is 1.